The van der Waals surface area contributed by atoms with Crippen molar-refractivity contribution in [3.05, 3.63) is 35.9 Å². The molecule has 0 saturated carbocycles. The Bertz CT molecular complexity index is 639. The summed E-state index contributed by atoms with van der Waals surface area (Å²) in [6.07, 6.45) is 4.29. The highest BCUT2D eigenvalue weighted by molar-refractivity contribution is 7.99. The maximum absolute atomic E-state index is 12.7. The van der Waals surface area contributed by atoms with Gasteiger partial charge >= 0.3 is 0 Å². The summed E-state index contributed by atoms with van der Waals surface area (Å²) in [5, 5.41) is 4.46. The zero-order valence-electron chi connectivity index (χ0n) is 12.7. The van der Waals surface area contributed by atoms with E-state index >= 15 is 0 Å². The SMILES string of the molecule is COc1nn(C)cc1C(=O)N1CCS[C@@H](c2ccco2)CC1. The molecular weight excluding hydrogens is 302 g/mol. The Labute approximate surface area is 133 Å². The van der Waals surface area contributed by atoms with Crippen LogP contribution in [0.4, 0.5) is 0 Å². The van der Waals surface area contributed by atoms with Gasteiger partial charge in [0.2, 0.25) is 5.88 Å². The molecule has 1 aliphatic heterocycles. The van der Waals surface area contributed by atoms with Crippen molar-refractivity contribution in [3.8, 4) is 5.88 Å². The first-order chi connectivity index (χ1) is 10.7. The summed E-state index contributed by atoms with van der Waals surface area (Å²) in [6.45, 7) is 1.42. The topological polar surface area (TPSA) is 60.5 Å². The van der Waals surface area contributed by atoms with Crippen LogP contribution >= 0.6 is 11.8 Å². The third kappa shape index (κ3) is 2.99. The number of thioether (sulfide) groups is 1. The zero-order chi connectivity index (χ0) is 15.5. The van der Waals surface area contributed by atoms with E-state index in [0.717, 1.165) is 24.5 Å². The standard InChI is InChI=1S/C15H19N3O3S/c1-17-10-11(14(16-17)20-2)15(19)18-6-5-13(22-9-7-18)12-4-3-8-21-12/h3-4,8,10,13H,5-7,9H2,1-2H3/t13-/m1/s1. The lowest BCUT2D eigenvalue weighted by Crippen LogP contribution is -2.33. The molecule has 3 rings (SSSR count). The van der Waals surface area contributed by atoms with Crippen LogP contribution in [0.2, 0.25) is 0 Å². The smallest absolute Gasteiger partial charge is 0.261 e. The monoisotopic (exact) mass is 321 g/mol. The Kier molecular flexibility index (Phi) is 4.42. The molecule has 0 unspecified atom stereocenters. The molecule has 1 fully saturated rings. The number of hydrogen-bond acceptors (Lipinski definition) is 5. The molecule has 1 saturated heterocycles. The minimum absolute atomic E-state index is 0.0226. The molecule has 7 heteroatoms. The molecule has 0 spiro atoms. The van der Waals surface area contributed by atoms with Crippen molar-refractivity contribution in [2.45, 2.75) is 11.7 Å². The van der Waals surface area contributed by atoms with Crippen LogP contribution < -0.4 is 4.74 Å². The van der Waals surface area contributed by atoms with Gasteiger partial charge in [-0.15, -0.1) is 16.9 Å². The number of aromatic nitrogens is 2. The van der Waals surface area contributed by atoms with E-state index in [1.54, 1.807) is 24.2 Å². The summed E-state index contributed by atoms with van der Waals surface area (Å²) < 4.78 is 12.3. The lowest BCUT2D eigenvalue weighted by atomic mass is 10.2. The molecule has 0 N–H and O–H groups in total. The fourth-order valence-corrected chi connectivity index (χ4v) is 3.79. The lowest BCUT2D eigenvalue weighted by Gasteiger charge is -2.19. The normalized spacial score (nSPS) is 19.0. The van der Waals surface area contributed by atoms with Crippen LogP contribution in [0.5, 0.6) is 5.88 Å². The van der Waals surface area contributed by atoms with Crippen LogP contribution in [0.15, 0.2) is 29.0 Å². The van der Waals surface area contributed by atoms with Crippen LogP contribution in [-0.4, -0.2) is 46.5 Å². The number of amides is 1. The number of carbonyl (C=O) groups excluding carboxylic acids is 1. The zero-order valence-corrected chi connectivity index (χ0v) is 13.5. The van der Waals surface area contributed by atoms with Gasteiger partial charge in [-0.1, -0.05) is 0 Å². The van der Waals surface area contributed by atoms with Crippen molar-refractivity contribution in [1.82, 2.24) is 14.7 Å². The van der Waals surface area contributed by atoms with Gasteiger partial charge in [0.25, 0.3) is 5.91 Å². The summed E-state index contributed by atoms with van der Waals surface area (Å²) in [5.74, 6) is 2.23. The minimum Gasteiger partial charge on any atom is -0.479 e. The molecule has 1 atom stereocenters. The Morgan fingerprint density at radius 3 is 3.09 bits per heavy atom. The highest BCUT2D eigenvalue weighted by Gasteiger charge is 2.27. The van der Waals surface area contributed by atoms with Crippen molar-refractivity contribution in [2.75, 3.05) is 26.0 Å². The Morgan fingerprint density at radius 2 is 2.36 bits per heavy atom. The number of furan rings is 1. The van der Waals surface area contributed by atoms with Gasteiger partial charge < -0.3 is 14.1 Å². The highest BCUT2D eigenvalue weighted by Crippen LogP contribution is 2.35. The molecule has 118 valence electrons. The molecule has 0 aliphatic carbocycles. The van der Waals surface area contributed by atoms with Crippen molar-refractivity contribution in [3.63, 3.8) is 0 Å². The lowest BCUT2D eigenvalue weighted by molar-refractivity contribution is 0.0762. The van der Waals surface area contributed by atoms with E-state index in [9.17, 15) is 4.79 Å². The van der Waals surface area contributed by atoms with Crippen LogP contribution in [0.3, 0.4) is 0 Å². The summed E-state index contributed by atoms with van der Waals surface area (Å²) in [5.41, 5.74) is 0.520. The molecule has 0 bridgehead atoms. The Hall–Kier alpha value is -1.89. The van der Waals surface area contributed by atoms with Gasteiger partial charge in [0, 0.05) is 32.1 Å². The molecule has 0 radical (unpaired) electrons. The molecule has 2 aromatic rings. The maximum atomic E-state index is 12.7. The second-order valence-corrected chi connectivity index (χ2v) is 6.49. The number of methoxy groups -OCH3 is 1. The molecule has 1 amide bonds. The van der Waals surface area contributed by atoms with Gasteiger partial charge in [-0.2, -0.15) is 0 Å². The highest BCUT2D eigenvalue weighted by atomic mass is 32.2. The van der Waals surface area contributed by atoms with E-state index in [2.05, 4.69) is 5.10 Å². The Morgan fingerprint density at radius 1 is 1.50 bits per heavy atom. The first-order valence-corrected chi connectivity index (χ1v) is 8.26. The predicted molar refractivity (Wildman–Crippen MR) is 84.2 cm³/mol. The molecule has 22 heavy (non-hydrogen) atoms. The maximum Gasteiger partial charge on any atom is 0.261 e. The second-order valence-electron chi connectivity index (χ2n) is 5.18. The van der Waals surface area contributed by atoms with Crippen LogP contribution in [0.25, 0.3) is 0 Å². The van der Waals surface area contributed by atoms with E-state index in [1.807, 2.05) is 28.8 Å². The molecule has 6 nitrogen and oxygen atoms in total. The number of ether oxygens (including phenoxy) is 1. The summed E-state index contributed by atoms with van der Waals surface area (Å²) in [4.78, 5) is 14.6. The molecule has 3 heterocycles. The fourth-order valence-electron chi connectivity index (χ4n) is 2.61. The van der Waals surface area contributed by atoms with Crippen LogP contribution in [-0.2, 0) is 7.05 Å². The van der Waals surface area contributed by atoms with Crippen LogP contribution in [0.1, 0.15) is 27.8 Å². The average molecular weight is 321 g/mol. The summed E-state index contributed by atoms with van der Waals surface area (Å²) in [6, 6.07) is 3.91. The van der Waals surface area contributed by atoms with Crippen LogP contribution in [0, 0.1) is 0 Å². The number of aryl methyl sites for hydroxylation is 1. The van der Waals surface area contributed by atoms with E-state index in [1.165, 1.54) is 7.11 Å². The van der Waals surface area contributed by atoms with Crippen molar-refractivity contribution >= 4 is 17.7 Å². The van der Waals surface area contributed by atoms with E-state index < -0.39 is 0 Å². The minimum atomic E-state index is -0.0226. The first-order valence-electron chi connectivity index (χ1n) is 7.21. The van der Waals surface area contributed by atoms with Gasteiger partial charge in [0.15, 0.2) is 0 Å². The third-order valence-corrected chi connectivity index (χ3v) is 5.00. The average Bonchev–Trinajstić information content (AvgIpc) is 3.11. The second kappa shape index (κ2) is 6.48. The third-order valence-electron chi connectivity index (χ3n) is 3.71. The van der Waals surface area contributed by atoms with Gasteiger partial charge in [-0.25, -0.2) is 0 Å². The van der Waals surface area contributed by atoms with E-state index in [-0.39, 0.29) is 5.91 Å². The van der Waals surface area contributed by atoms with Gasteiger partial charge in [0.05, 0.1) is 18.6 Å². The summed E-state index contributed by atoms with van der Waals surface area (Å²) in [7, 11) is 3.31. The number of rotatable bonds is 3. The van der Waals surface area contributed by atoms with Crippen molar-refractivity contribution in [2.24, 2.45) is 7.05 Å². The number of hydrogen-bond donors (Lipinski definition) is 0. The molecule has 0 aromatic carbocycles. The molecule has 1 aliphatic rings. The Balaban J connectivity index is 1.71. The van der Waals surface area contributed by atoms with Crippen molar-refractivity contribution in [1.29, 1.82) is 0 Å². The van der Waals surface area contributed by atoms with E-state index in [4.69, 9.17) is 9.15 Å². The van der Waals surface area contributed by atoms with Gasteiger partial charge in [-0.05, 0) is 18.6 Å². The van der Waals surface area contributed by atoms with Crippen molar-refractivity contribution < 1.29 is 13.9 Å². The largest absolute Gasteiger partial charge is 0.479 e. The number of carbonyl (C=O) groups is 1. The molecule has 2 aromatic heterocycles. The van der Waals surface area contributed by atoms with Gasteiger partial charge in [0.1, 0.15) is 11.3 Å². The predicted octanol–water partition coefficient (Wildman–Crippen LogP) is 2.34. The fraction of sp³-hybridized carbons (Fsp3) is 0.467. The van der Waals surface area contributed by atoms with Gasteiger partial charge in [-0.3, -0.25) is 9.48 Å². The first kappa shape index (κ1) is 15.0. The van der Waals surface area contributed by atoms with E-state index in [0.29, 0.717) is 23.2 Å². The quantitative estimate of drug-likeness (QED) is 0.868. The summed E-state index contributed by atoms with van der Waals surface area (Å²) >= 11 is 1.83. The molecular formula is C15H19N3O3S. The number of nitrogens with zero attached hydrogens (tertiary/aromatic N) is 3.